The molecule has 3 aromatic carbocycles. The number of hydrogen-bond donors (Lipinski definition) is 0. The van der Waals surface area contributed by atoms with E-state index >= 15 is 0 Å². The monoisotopic (exact) mass is 484 g/mol. The van der Waals surface area contributed by atoms with Gasteiger partial charge in [-0.3, -0.25) is 4.79 Å². The molecule has 0 bridgehead atoms. The third-order valence-electron chi connectivity index (χ3n) is 5.67. The van der Waals surface area contributed by atoms with Gasteiger partial charge in [0.2, 0.25) is 0 Å². The molecule has 6 heteroatoms. The largest absolute Gasteiger partial charge is 0.493 e. The number of hydrogen-bond acceptors (Lipinski definition) is 5. The molecule has 3 rings (SSSR count). The van der Waals surface area contributed by atoms with Gasteiger partial charge < -0.3 is 14.0 Å². The second-order valence-corrected chi connectivity index (χ2v) is 10.1. The van der Waals surface area contributed by atoms with Gasteiger partial charge in [-0.15, -0.1) is 11.8 Å². The first kappa shape index (κ1) is 25.4. The number of rotatable bonds is 13. The Kier molecular flexibility index (Phi) is 10.4. The van der Waals surface area contributed by atoms with E-state index in [1.54, 1.807) is 11.8 Å². The molecule has 0 spiro atoms. The minimum absolute atomic E-state index is 0.224. The molecular weight excluding hydrogens is 451 g/mol. The topological polar surface area (TPSA) is 52.6 Å². The van der Waals surface area contributed by atoms with E-state index in [4.69, 9.17) is 9.47 Å². The van der Waals surface area contributed by atoms with Crippen molar-refractivity contribution in [2.24, 2.45) is 5.92 Å². The van der Waals surface area contributed by atoms with Crippen molar-refractivity contribution >= 4 is 37.0 Å². The number of benzene rings is 3. The summed E-state index contributed by atoms with van der Waals surface area (Å²) in [6.45, 7) is 4.70. The van der Waals surface area contributed by atoms with Crippen molar-refractivity contribution in [3.8, 4) is 5.75 Å². The molecule has 0 amide bonds. The number of ether oxygens (including phenoxy) is 2. The molecule has 0 aliphatic carbocycles. The number of carbonyl (C=O) groups is 1. The van der Waals surface area contributed by atoms with Crippen molar-refractivity contribution in [2.75, 3.05) is 19.0 Å². The molecule has 0 N–H and O–H groups in total. The molecule has 3 unspecified atom stereocenters. The molecule has 0 aliphatic rings. The van der Waals surface area contributed by atoms with Gasteiger partial charge in [0, 0.05) is 11.4 Å². The van der Waals surface area contributed by atoms with Gasteiger partial charge in [-0.1, -0.05) is 60.7 Å². The van der Waals surface area contributed by atoms with Crippen LogP contribution in [0.3, 0.4) is 0 Å². The van der Waals surface area contributed by atoms with Crippen LogP contribution in [0.5, 0.6) is 5.75 Å². The maximum atomic E-state index is 12.8. The van der Waals surface area contributed by atoms with Crippen LogP contribution in [0.15, 0.2) is 71.6 Å². The van der Waals surface area contributed by atoms with Crippen LogP contribution < -0.4 is 4.74 Å². The molecule has 0 fully saturated rings. The lowest BCUT2D eigenvalue weighted by Crippen LogP contribution is -2.28. The standard InChI is InChI=1S/C27H33O4PS/c1-3-30-24-18-17-21-14-8-9-15-22(21)26(24)33-19-25(32-29)23(27(28)31-4-2)16-10-13-20-11-6-5-7-12-20/h5-9,11-12,14-15,17-18,23,25H,3-4,10,13,16,19,32H2,1-2H3. The van der Waals surface area contributed by atoms with Crippen LogP contribution in [0.25, 0.3) is 10.8 Å². The van der Waals surface area contributed by atoms with Crippen molar-refractivity contribution in [2.45, 2.75) is 43.7 Å². The molecule has 33 heavy (non-hydrogen) atoms. The van der Waals surface area contributed by atoms with E-state index in [1.165, 1.54) is 5.56 Å². The summed E-state index contributed by atoms with van der Waals surface area (Å²) in [4.78, 5) is 13.8. The van der Waals surface area contributed by atoms with E-state index in [2.05, 4.69) is 30.3 Å². The Morgan fingerprint density at radius 1 is 0.970 bits per heavy atom. The zero-order valence-corrected chi connectivity index (χ0v) is 21.3. The van der Waals surface area contributed by atoms with Gasteiger partial charge in [0.25, 0.3) is 0 Å². The van der Waals surface area contributed by atoms with E-state index in [0.29, 0.717) is 25.4 Å². The first-order valence-electron chi connectivity index (χ1n) is 11.6. The minimum Gasteiger partial charge on any atom is -0.493 e. The number of carbonyl (C=O) groups excluding carboxylic acids is 1. The maximum absolute atomic E-state index is 12.8. The summed E-state index contributed by atoms with van der Waals surface area (Å²) in [5.74, 6) is 0.820. The SMILES string of the molecule is CCOC(=O)C(CCCc1ccccc1)C(CSc1c(OCC)ccc2ccccc12)[PH2]=O. The van der Waals surface area contributed by atoms with Crippen LogP contribution in [0, 0.1) is 5.92 Å². The zero-order valence-electron chi connectivity index (χ0n) is 19.4. The minimum atomic E-state index is -1.13. The summed E-state index contributed by atoms with van der Waals surface area (Å²) in [6.07, 6.45) is 2.41. The summed E-state index contributed by atoms with van der Waals surface area (Å²) >= 11 is 1.63. The van der Waals surface area contributed by atoms with Crippen LogP contribution >= 0.6 is 20.2 Å². The average molecular weight is 485 g/mol. The lowest BCUT2D eigenvalue weighted by atomic mass is 9.97. The normalized spacial score (nSPS) is 13.3. The van der Waals surface area contributed by atoms with E-state index in [9.17, 15) is 9.36 Å². The van der Waals surface area contributed by atoms with Crippen LogP contribution in [-0.2, 0) is 20.5 Å². The predicted molar refractivity (Wildman–Crippen MR) is 140 cm³/mol. The summed E-state index contributed by atoms with van der Waals surface area (Å²) in [6, 6.07) is 22.5. The third kappa shape index (κ3) is 7.12. The Morgan fingerprint density at radius 2 is 1.73 bits per heavy atom. The Morgan fingerprint density at radius 3 is 2.45 bits per heavy atom. The van der Waals surface area contributed by atoms with Crippen molar-refractivity contribution in [1.82, 2.24) is 0 Å². The fourth-order valence-electron chi connectivity index (χ4n) is 4.00. The molecule has 3 atom stereocenters. The van der Waals surface area contributed by atoms with Crippen LogP contribution in [-0.4, -0.2) is 30.6 Å². The lowest BCUT2D eigenvalue weighted by molar-refractivity contribution is -0.148. The van der Waals surface area contributed by atoms with Gasteiger partial charge >= 0.3 is 5.97 Å². The number of thioether (sulfide) groups is 1. The zero-order chi connectivity index (χ0) is 23.5. The molecule has 0 radical (unpaired) electrons. The van der Waals surface area contributed by atoms with Gasteiger partial charge in [-0.25, -0.2) is 0 Å². The maximum Gasteiger partial charge on any atom is 0.309 e. The first-order chi connectivity index (χ1) is 16.2. The molecule has 176 valence electrons. The number of fused-ring (bicyclic) bond motifs is 1. The molecule has 0 aromatic heterocycles. The summed E-state index contributed by atoms with van der Waals surface area (Å²) in [5, 5.41) is 2.25. The van der Waals surface area contributed by atoms with E-state index in [0.717, 1.165) is 34.3 Å². The molecule has 0 saturated heterocycles. The van der Waals surface area contributed by atoms with Crippen LogP contribution in [0.4, 0.5) is 0 Å². The van der Waals surface area contributed by atoms with Crippen molar-refractivity contribution in [3.63, 3.8) is 0 Å². The highest BCUT2D eigenvalue weighted by atomic mass is 32.2. The lowest BCUT2D eigenvalue weighted by Gasteiger charge is -2.22. The fraction of sp³-hybridized carbons (Fsp3) is 0.370. The van der Waals surface area contributed by atoms with Gasteiger partial charge in [0.05, 0.1) is 32.5 Å². The van der Waals surface area contributed by atoms with Crippen LogP contribution in [0.1, 0.15) is 32.3 Å². The van der Waals surface area contributed by atoms with Crippen molar-refractivity contribution in [1.29, 1.82) is 0 Å². The van der Waals surface area contributed by atoms with Crippen molar-refractivity contribution < 1.29 is 18.8 Å². The Balaban J connectivity index is 1.76. The highest BCUT2D eigenvalue weighted by Crippen LogP contribution is 2.39. The quantitative estimate of drug-likeness (QED) is 0.154. The van der Waals surface area contributed by atoms with E-state index in [1.807, 2.05) is 50.2 Å². The molecule has 0 heterocycles. The van der Waals surface area contributed by atoms with Gasteiger partial charge in [-0.2, -0.15) is 0 Å². The highest BCUT2D eigenvalue weighted by molar-refractivity contribution is 7.99. The van der Waals surface area contributed by atoms with Crippen LogP contribution in [0.2, 0.25) is 0 Å². The van der Waals surface area contributed by atoms with E-state index < -0.39 is 8.46 Å². The average Bonchev–Trinajstić information content (AvgIpc) is 2.85. The molecular formula is C27H33O4PS. The summed E-state index contributed by atoms with van der Waals surface area (Å²) < 4.78 is 23.6. The Bertz CT molecular complexity index is 1040. The molecule has 4 nitrogen and oxygen atoms in total. The Labute approximate surface area is 202 Å². The Hall–Kier alpha value is -2.23. The molecule has 0 aliphatic heterocycles. The smallest absolute Gasteiger partial charge is 0.309 e. The summed E-state index contributed by atoms with van der Waals surface area (Å²) in [7, 11) is -1.13. The second kappa shape index (κ2) is 13.5. The first-order valence-corrected chi connectivity index (χ1v) is 13.7. The van der Waals surface area contributed by atoms with E-state index in [-0.39, 0.29) is 17.5 Å². The third-order valence-corrected chi connectivity index (χ3v) is 8.32. The molecule has 0 saturated carbocycles. The van der Waals surface area contributed by atoms with Gasteiger partial charge in [0.1, 0.15) is 5.75 Å². The fourth-order valence-corrected chi connectivity index (χ4v) is 6.34. The molecule has 3 aromatic rings. The van der Waals surface area contributed by atoms with Gasteiger partial charge in [0.15, 0.2) is 0 Å². The number of esters is 1. The van der Waals surface area contributed by atoms with Crippen molar-refractivity contribution in [3.05, 3.63) is 72.3 Å². The second-order valence-electron chi connectivity index (χ2n) is 7.89. The number of aryl methyl sites for hydroxylation is 1. The predicted octanol–water partition coefficient (Wildman–Crippen LogP) is 6.66. The summed E-state index contributed by atoms with van der Waals surface area (Å²) in [5.41, 5.74) is 1.02. The van der Waals surface area contributed by atoms with Gasteiger partial charge in [-0.05, 0) is 55.5 Å². The highest BCUT2D eigenvalue weighted by Gasteiger charge is 2.29.